The summed E-state index contributed by atoms with van der Waals surface area (Å²) in [5, 5.41) is 12.0. The molecule has 0 radical (unpaired) electrons. The van der Waals surface area contributed by atoms with E-state index >= 15 is 0 Å². The summed E-state index contributed by atoms with van der Waals surface area (Å²) in [4.78, 5) is 7.29. The predicted octanol–water partition coefficient (Wildman–Crippen LogP) is 3.92. The van der Waals surface area contributed by atoms with E-state index in [2.05, 4.69) is 20.3 Å². The van der Waals surface area contributed by atoms with Gasteiger partial charge in [0.05, 0.1) is 12.8 Å². The lowest BCUT2D eigenvalue weighted by Crippen LogP contribution is -2.34. The Morgan fingerprint density at radius 1 is 1.19 bits per heavy atom. The number of aromatic nitrogens is 2. The van der Waals surface area contributed by atoms with Crippen molar-refractivity contribution in [1.29, 1.82) is 0 Å². The summed E-state index contributed by atoms with van der Waals surface area (Å²) in [6.07, 6.45) is 8.16. The molecule has 1 fully saturated rings. The highest BCUT2D eigenvalue weighted by atomic mass is 16.6. The molecule has 0 aliphatic carbocycles. The average Bonchev–Trinajstić information content (AvgIpc) is 2.73. The van der Waals surface area contributed by atoms with Crippen molar-refractivity contribution in [3.63, 3.8) is 0 Å². The van der Waals surface area contributed by atoms with Crippen molar-refractivity contribution in [1.82, 2.24) is 10.2 Å². The number of benzene rings is 1. The van der Waals surface area contributed by atoms with Crippen LogP contribution in [0.2, 0.25) is 0 Å². The number of hydrogen-bond donors (Lipinski definition) is 0. The number of rotatable bonds is 9. The van der Waals surface area contributed by atoms with Crippen LogP contribution in [0, 0.1) is 5.92 Å². The first kappa shape index (κ1) is 19.1. The van der Waals surface area contributed by atoms with Crippen molar-refractivity contribution < 1.29 is 9.57 Å². The van der Waals surface area contributed by atoms with Crippen LogP contribution in [-0.2, 0) is 4.84 Å². The second kappa shape index (κ2) is 10.5. The van der Waals surface area contributed by atoms with Gasteiger partial charge in [-0.25, -0.2) is 0 Å². The molecule has 2 aromatic rings. The van der Waals surface area contributed by atoms with Crippen LogP contribution in [0.15, 0.2) is 47.8 Å². The van der Waals surface area contributed by atoms with E-state index in [-0.39, 0.29) is 0 Å². The Morgan fingerprint density at radius 3 is 2.70 bits per heavy atom. The van der Waals surface area contributed by atoms with Crippen LogP contribution in [0.25, 0.3) is 0 Å². The first-order valence-corrected chi connectivity index (χ1v) is 9.76. The van der Waals surface area contributed by atoms with Gasteiger partial charge in [-0.15, -0.1) is 5.10 Å². The molecule has 1 aromatic carbocycles. The van der Waals surface area contributed by atoms with Gasteiger partial charge in [0.25, 0.3) is 0 Å². The van der Waals surface area contributed by atoms with Crippen LogP contribution in [0.4, 0.5) is 5.82 Å². The van der Waals surface area contributed by atoms with Gasteiger partial charge < -0.3 is 14.5 Å². The normalized spacial score (nSPS) is 15.2. The van der Waals surface area contributed by atoms with Gasteiger partial charge >= 0.3 is 0 Å². The van der Waals surface area contributed by atoms with Crippen LogP contribution in [0.3, 0.4) is 0 Å². The van der Waals surface area contributed by atoms with Gasteiger partial charge in [0.2, 0.25) is 0 Å². The molecule has 0 amide bonds. The summed E-state index contributed by atoms with van der Waals surface area (Å²) >= 11 is 0. The smallest absolute Gasteiger partial charge is 0.151 e. The summed E-state index contributed by atoms with van der Waals surface area (Å²) in [5.74, 6) is 2.67. The molecule has 27 heavy (non-hydrogen) atoms. The highest BCUT2D eigenvalue weighted by molar-refractivity contribution is 5.79. The Morgan fingerprint density at radius 2 is 2.00 bits per heavy atom. The van der Waals surface area contributed by atoms with Gasteiger partial charge in [0, 0.05) is 19.3 Å². The van der Waals surface area contributed by atoms with E-state index in [9.17, 15) is 0 Å². The van der Waals surface area contributed by atoms with Crippen molar-refractivity contribution in [2.24, 2.45) is 11.1 Å². The predicted molar refractivity (Wildman–Crippen MR) is 107 cm³/mol. The summed E-state index contributed by atoms with van der Waals surface area (Å²) in [6.45, 7) is 5.38. The maximum atomic E-state index is 5.86. The highest BCUT2D eigenvalue weighted by Gasteiger charge is 2.19. The maximum absolute atomic E-state index is 5.86. The van der Waals surface area contributed by atoms with E-state index in [0.717, 1.165) is 49.2 Å². The third kappa shape index (κ3) is 6.24. The summed E-state index contributed by atoms with van der Waals surface area (Å²) in [7, 11) is 0. The molecule has 1 aromatic heterocycles. The number of ether oxygens (including phenoxy) is 1. The molecule has 2 heterocycles. The fourth-order valence-electron chi connectivity index (χ4n) is 3.30. The van der Waals surface area contributed by atoms with Crippen LogP contribution in [0.1, 0.15) is 38.2 Å². The lowest BCUT2D eigenvalue weighted by Gasteiger charge is -2.32. The Hall–Kier alpha value is -2.63. The van der Waals surface area contributed by atoms with Crippen molar-refractivity contribution >= 4 is 12.0 Å². The third-order valence-corrected chi connectivity index (χ3v) is 4.81. The van der Waals surface area contributed by atoms with Crippen LogP contribution < -0.4 is 9.64 Å². The van der Waals surface area contributed by atoms with Gasteiger partial charge in [-0.3, -0.25) is 0 Å². The van der Waals surface area contributed by atoms with Gasteiger partial charge in [-0.05, 0) is 80.5 Å². The minimum atomic E-state index is 0.580. The molecule has 0 N–H and O–H groups in total. The van der Waals surface area contributed by atoms with E-state index in [0.29, 0.717) is 6.61 Å². The third-order valence-electron chi connectivity index (χ3n) is 4.81. The summed E-state index contributed by atoms with van der Waals surface area (Å²) < 4.78 is 5.86. The van der Waals surface area contributed by atoms with Crippen molar-refractivity contribution in [3.8, 4) is 5.75 Å². The largest absolute Gasteiger partial charge is 0.494 e. The number of anilines is 1. The Labute approximate surface area is 161 Å². The van der Waals surface area contributed by atoms with E-state index in [1.807, 2.05) is 43.3 Å². The molecule has 3 rings (SSSR count). The van der Waals surface area contributed by atoms with Crippen molar-refractivity contribution in [2.45, 2.75) is 32.6 Å². The SMILES string of the molecule is CCO/N=C/c1ccc(OCCCC2CCN(c3cccnn3)CC2)cc1. The molecule has 6 heteroatoms. The lowest BCUT2D eigenvalue weighted by atomic mass is 9.92. The van der Waals surface area contributed by atoms with Crippen molar-refractivity contribution in [3.05, 3.63) is 48.2 Å². The quantitative estimate of drug-likeness (QED) is 0.381. The zero-order valence-corrected chi connectivity index (χ0v) is 16.0. The molecule has 6 nitrogen and oxygen atoms in total. The molecule has 1 aliphatic heterocycles. The Bertz CT molecular complexity index is 683. The molecule has 0 spiro atoms. The molecule has 0 saturated carbocycles. The Kier molecular flexibility index (Phi) is 7.45. The van der Waals surface area contributed by atoms with E-state index in [1.165, 1.54) is 19.3 Å². The van der Waals surface area contributed by atoms with Gasteiger partial charge in [-0.1, -0.05) is 5.16 Å². The number of nitrogens with zero attached hydrogens (tertiary/aromatic N) is 4. The second-order valence-electron chi connectivity index (χ2n) is 6.72. The average molecular weight is 368 g/mol. The molecule has 1 aliphatic rings. The van der Waals surface area contributed by atoms with E-state index < -0.39 is 0 Å². The van der Waals surface area contributed by atoms with Gasteiger partial charge in [0.15, 0.2) is 5.82 Å². The fourth-order valence-corrected chi connectivity index (χ4v) is 3.30. The zero-order chi connectivity index (χ0) is 18.7. The molecule has 0 unspecified atom stereocenters. The minimum absolute atomic E-state index is 0.580. The first-order valence-electron chi connectivity index (χ1n) is 9.76. The molecule has 0 bridgehead atoms. The van der Waals surface area contributed by atoms with E-state index in [1.54, 1.807) is 12.4 Å². The van der Waals surface area contributed by atoms with E-state index in [4.69, 9.17) is 9.57 Å². The standard InChI is InChI=1S/C21H28N4O2/c1-2-27-23-17-19-7-9-20(10-8-19)26-16-4-5-18-11-14-25(15-12-18)21-6-3-13-22-24-21/h3,6-10,13,17-18H,2,4-5,11-12,14-16H2,1H3/b23-17+. The topological polar surface area (TPSA) is 59.8 Å². The molecular weight excluding hydrogens is 340 g/mol. The number of oxime groups is 1. The summed E-state index contributed by atoms with van der Waals surface area (Å²) in [6, 6.07) is 11.9. The van der Waals surface area contributed by atoms with Crippen LogP contribution in [0.5, 0.6) is 5.75 Å². The first-order chi connectivity index (χ1) is 13.3. The molecule has 1 saturated heterocycles. The lowest BCUT2D eigenvalue weighted by molar-refractivity contribution is 0.160. The van der Waals surface area contributed by atoms with Crippen molar-refractivity contribution in [2.75, 3.05) is 31.2 Å². The fraction of sp³-hybridized carbons (Fsp3) is 0.476. The zero-order valence-electron chi connectivity index (χ0n) is 16.0. The van der Waals surface area contributed by atoms with Gasteiger partial charge in [-0.2, -0.15) is 5.10 Å². The molecule has 144 valence electrons. The second-order valence-corrected chi connectivity index (χ2v) is 6.72. The molecule has 0 atom stereocenters. The number of hydrogen-bond acceptors (Lipinski definition) is 6. The molecular formula is C21H28N4O2. The minimum Gasteiger partial charge on any atom is -0.494 e. The van der Waals surface area contributed by atoms with Crippen LogP contribution >= 0.6 is 0 Å². The maximum Gasteiger partial charge on any atom is 0.151 e. The summed E-state index contributed by atoms with van der Waals surface area (Å²) in [5.41, 5.74) is 1.01. The van der Waals surface area contributed by atoms with Gasteiger partial charge in [0.1, 0.15) is 12.4 Å². The van der Waals surface area contributed by atoms with Crippen LogP contribution in [-0.4, -0.2) is 42.7 Å². The Balaban J connectivity index is 1.32. The highest BCUT2D eigenvalue weighted by Crippen LogP contribution is 2.24. The number of piperidine rings is 1. The monoisotopic (exact) mass is 368 g/mol.